The number of nitrogens with zero attached hydrogens (tertiary/aromatic N) is 2. The zero-order chi connectivity index (χ0) is 16.0. The SMILES string of the molecule is CN=C(NCCCS(C)(=O)=O)NC1CN(C(C)C)CC1C. The molecule has 1 saturated heterocycles. The Labute approximate surface area is 129 Å². The van der Waals surface area contributed by atoms with E-state index >= 15 is 0 Å². The Balaban J connectivity index is 2.38. The van der Waals surface area contributed by atoms with Crippen LogP contribution in [-0.2, 0) is 9.84 Å². The molecule has 0 spiro atoms. The number of nitrogens with one attached hydrogen (secondary N) is 2. The average molecular weight is 318 g/mol. The second kappa shape index (κ2) is 7.98. The maximum atomic E-state index is 11.1. The van der Waals surface area contributed by atoms with Gasteiger partial charge in [0.05, 0.1) is 5.75 Å². The summed E-state index contributed by atoms with van der Waals surface area (Å²) in [5, 5.41) is 6.64. The average Bonchev–Trinajstić information content (AvgIpc) is 2.73. The molecule has 1 rings (SSSR count). The van der Waals surface area contributed by atoms with Crippen LogP contribution in [0.5, 0.6) is 0 Å². The molecule has 0 radical (unpaired) electrons. The molecule has 21 heavy (non-hydrogen) atoms. The predicted molar refractivity (Wildman–Crippen MR) is 88.5 cm³/mol. The molecule has 0 aliphatic carbocycles. The fourth-order valence-corrected chi connectivity index (χ4v) is 3.19. The van der Waals surface area contributed by atoms with Gasteiger partial charge in [0, 0.05) is 45.0 Å². The summed E-state index contributed by atoms with van der Waals surface area (Å²) in [6, 6.07) is 0.942. The second-order valence-corrected chi connectivity index (χ2v) is 8.52. The second-order valence-electron chi connectivity index (χ2n) is 6.26. The largest absolute Gasteiger partial charge is 0.356 e. The predicted octanol–water partition coefficient (Wildman–Crippen LogP) is 0.315. The van der Waals surface area contributed by atoms with Crippen molar-refractivity contribution in [1.82, 2.24) is 15.5 Å². The van der Waals surface area contributed by atoms with Crippen molar-refractivity contribution in [2.45, 2.75) is 39.3 Å². The van der Waals surface area contributed by atoms with Crippen LogP contribution in [0.2, 0.25) is 0 Å². The lowest BCUT2D eigenvalue weighted by atomic mass is 10.1. The quantitative estimate of drug-likeness (QED) is 0.419. The van der Waals surface area contributed by atoms with Crippen molar-refractivity contribution < 1.29 is 8.42 Å². The third-order valence-electron chi connectivity index (χ3n) is 3.90. The fourth-order valence-electron chi connectivity index (χ4n) is 2.53. The van der Waals surface area contributed by atoms with Crippen LogP contribution in [0.1, 0.15) is 27.2 Å². The highest BCUT2D eigenvalue weighted by Crippen LogP contribution is 2.18. The van der Waals surface area contributed by atoms with Gasteiger partial charge in [-0.3, -0.25) is 9.89 Å². The van der Waals surface area contributed by atoms with E-state index in [1.165, 1.54) is 6.26 Å². The number of hydrogen-bond donors (Lipinski definition) is 2. The summed E-state index contributed by atoms with van der Waals surface area (Å²) in [6.45, 7) is 9.41. The lowest BCUT2D eigenvalue weighted by molar-refractivity contribution is 0.265. The van der Waals surface area contributed by atoms with Crippen molar-refractivity contribution in [2.75, 3.05) is 38.7 Å². The maximum absolute atomic E-state index is 11.1. The Bertz CT molecular complexity index is 448. The number of hydrogen-bond acceptors (Lipinski definition) is 4. The summed E-state index contributed by atoms with van der Waals surface area (Å²) in [5.41, 5.74) is 0. The Morgan fingerprint density at radius 3 is 2.52 bits per heavy atom. The summed E-state index contributed by atoms with van der Waals surface area (Å²) in [4.78, 5) is 6.67. The molecule has 0 aromatic heterocycles. The van der Waals surface area contributed by atoms with Crippen molar-refractivity contribution in [3.8, 4) is 0 Å². The van der Waals surface area contributed by atoms with E-state index in [2.05, 4.69) is 41.3 Å². The van der Waals surface area contributed by atoms with E-state index in [0.717, 1.165) is 19.0 Å². The molecule has 0 bridgehead atoms. The molecular formula is C14H30N4O2S. The van der Waals surface area contributed by atoms with Crippen LogP contribution in [0.25, 0.3) is 0 Å². The molecule has 0 amide bonds. The first-order valence-corrected chi connectivity index (χ1v) is 9.68. The van der Waals surface area contributed by atoms with Crippen molar-refractivity contribution in [2.24, 2.45) is 10.9 Å². The molecule has 6 nitrogen and oxygen atoms in total. The van der Waals surface area contributed by atoms with Gasteiger partial charge >= 0.3 is 0 Å². The monoisotopic (exact) mass is 318 g/mol. The minimum Gasteiger partial charge on any atom is -0.356 e. The van der Waals surface area contributed by atoms with Gasteiger partial charge < -0.3 is 10.6 Å². The maximum Gasteiger partial charge on any atom is 0.191 e. The zero-order valence-corrected chi connectivity index (χ0v) is 14.7. The molecule has 7 heteroatoms. The Kier molecular flexibility index (Phi) is 6.93. The van der Waals surface area contributed by atoms with Gasteiger partial charge in [0.2, 0.25) is 0 Å². The molecule has 2 N–H and O–H groups in total. The number of likely N-dealkylation sites (tertiary alicyclic amines) is 1. The van der Waals surface area contributed by atoms with Crippen molar-refractivity contribution in [3.63, 3.8) is 0 Å². The highest BCUT2D eigenvalue weighted by atomic mass is 32.2. The van der Waals surface area contributed by atoms with Crippen molar-refractivity contribution >= 4 is 15.8 Å². The smallest absolute Gasteiger partial charge is 0.191 e. The van der Waals surface area contributed by atoms with E-state index in [1.54, 1.807) is 7.05 Å². The van der Waals surface area contributed by atoms with Crippen LogP contribution >= 0.6 is 0 Å². The highest BCUT2D eigenvalue weighted by Gasteiger charge is 2.31. The zero-order valence-electron chi connectivity index (χ0n) is 13.9. The van der Waals surface area contributed by atoms with E-state index in [4.69, 9.17) is 0 Å². The first-order valence-electron chi connectivity index (χ1n) is 7.62. The van der Waals surface area contributed by atoms with Crippen LogP contribution in [0, 0.1) is 5.92 Å². The summed E-state index contributed by atoms with van der Waals surface area (Å²) in [5.74, 6) is 1.53. The lowest BCUT2D eigenvalue weighted by Gasteiger charge is -2.21. The van der Waals surface area contributed by atoms with Crippen LogP contribution in [-0.4, -0.2) is 70.1 Å². The minimum atomic E-state index is -2.88. The lowest BCUT2D eigenvalue weighted by Crippen LogP contribution is -2.47. The third-order valence-corrected chi connectivity index (χ3v) is 4.93. The topological polar surface area (TPSA) is 73.8 Å². The van der Waals surface area contributed by atoms with Gasteiger partial charge in [0.1, 0.15) is 9.84 Å². The fraction of sp³-hybridized carbons (Fsp3) is 0.929. The molecule has 1 fully saturated rings. The number of aliphatic imine (C=N–C) groups is 1. The normalized spacial score (nSPS) is 24.6. The van der Waals surface area contributed by atoms with Gasteiger partial charge in [-0.05, 0) is 26.2 Å². The summed E-state index contributed by atoms with van der Waals surface area (Å²) >= 11 is 0. The molecule has 1 aliphatic rings. The van der Waals surface area contributed by atoms with Crippen LogP contribution < -0.4 is 10.6 Å². The molecular weight excluding hydrogens is 288 g/mol. The van der Waals surface area contributed by atoms with Gasteiger partial charge in [-0.15, -0.1) is 0 Å². The van der Waals surface area contributed by atoms with Crippen molar-refractivity contribution in [1.29, 1.82) is 0 Å². The summed E-state index contributed by atoms with van der Waals surface area (Å²) in [6.07, 6.45) is 1.86. The molecule has 1 heterocycles. The van der Waals surface area contributed by atoms with Gasteiger partial charge in [0.25, 0.3) is 0 Å². The van der Waals surface area contributed by atoms with Crippen LogP contribution in [0.4, 0.5) is 0 Å². The van der Waals surface area contributed by atoms with Gasteiger partial charge in [-0.1, -0.05) is 6.92 Å². The van der Waals surface area contributed by atoms with E-state index in [9.17, 15) is 8.42 Å². The third kappa shape index (κ3) is 6.65. The first-order chi connectivity index (χ1) is 9.73. The summed E-state index contributed by atoms with van der Waals surface area (Å²) < 4.78 is 22.2. The minimum absolute atomic E-state index is 0.206. The van der Waals surface area contributed by atoms with Gasteiger partial charge in [-0.2, -0.15) is 0 Å². The molecule has 124 valence electrons. The molecule has 0 aromatic carbocycles. The van der Waals surface area contributed by atoms with E-state index < -0.39 is 9.84 Å². The Hall–Kier alpha value is -0.820. The van der Waals surface area contributed by atoms with Crippen LogP contribution in [0.15, 0.2) is 4.99 Å². The molecule has 0 saturated carbocycles. The van der Waals surface area contributed by atoms with Gasteiger partial charge in [0.15, 0.2) is 5.96 Å². The standard InChI is InChI=1S/C14H30N4O2S/c1-11(2)18-9-12(3)13(10-18)17-14(15-4)16-7-6-8-21(5,19)20/h11-13H,6-10H2,1-5H3,(H2,15,16,17). The number of sulfone groups is 1. The number of guanidine groups is 1. The first kappa shape index (κ1) is 18.2. The molecule has 2 unspecified atom stereocenters. The van der Waals surface area contributed by atoms with Crippen molar-refractivity contribution in [3.05, 3.63) is 0 Å². The van der Waals surface area contributed by atoms with Crippen LogP contribution in [0.3, 0.4) is 0 Å². The van der Waals surface area contributed by atoms with E-state index in [-0.39, 0.29) is 5.75 Å². The van der Waals surface area contributed by atoms with E-state index in [1.807, 2.05) is 0 Å². The Morgan fingerprint density at radius 1 is 1.38 bits per heavy atom. The molecule has 0 aromatic rings. The van der Waals surface area contributed by atoms with E-state index in [0.29, 0.717) is 31.0 Å². The summed E-state index contributed by atoms with van der Waals surface area (Å²) in [7, 11) is -1.14. The number of rotatable bonds is 6. The highest BCUT2D eigenvalue weighted by molar-refractivity contribution is 7.90. The molecule has 2 atom stereocenters. The van der Waals surface area contributed by atoms with Gasteiger partial charge in [-0.25, -0.2) is 8.42 Å². The molecule has 1 aliphatic heterocycles. The Morgan fingerprint density at radius 2 is 2.05 bits per heavy atom.